The maximum atomic E-state index is 13.3. The van der Waals surface area contributed by atoms with Crippen LogP contribution in [-0.2, 0) is 5.41 Å². The van der Waals surface area contributed by atoms with Gasteiger partial charge in [-0.3, -0.25) is 0 Å². The second-order valence-electron chi connectivity index (χ2n) is 9.75. The van der Waals surface area contributed by atoms with E-state index in [2.05, 4.69) is 73.3 Å². The monoisotopic (exact) mass is 585 g/mol. The van der Waals surface area contributed by atoms with E-state index in [1.165, 1.54) is 20.5 Å². The molecule has 0 amide bonds. The Bertz CT molecular complexity index is 1700. The standard InChI is InChI=1S/C31H21NO3Te/c1-31(2)24-10-6-7-11-26(24)32(19-8-4-3-5-9-19)30-25(31)16-20(36-30)15-23-28(33)21-14-18-12-13-35-27(18)17-22(21)29(23)34/h3-17H,1-2H3/b23-15-. The third-order valence-electron chi connectivity index (χ3n) is 7.30. The molecule has 3 heterocycles. The summed E-state index contributed by atoms with van der Waals surface area (Å²) >= 11 is -0.856. The van der Waals surface area contributed by atoms with Crippen LogP contribution in [0.2, 0.25) is 0 Å². The van der Waals surface area contributed by atoms with Gasteiger partial charge in [0.25, 0.3) is 0 Å². The van der Waals surface area contributed by atoms with Gasteiger partial charge in [-0.25, -0.2) is 0 Å². The minimum atomic E-state index is -0.856. The van der Waals surface area contributed by atoms with Crippen molar-refractivity contribution in [2.24, 2.45) is 0 Å². The van der Waals surface area contributed by atoms with Gasteiger partial charge in [0, 0.05) is 0 Å². The third kappa shape index (κ3) is 3.00. The summed E-state index contributed by atoms with van der Waals surface area (Å²) < 4.78 is 7.88. The quantitative estimate of drug-likeness (QED) is 0.127. The fraction of sp³-hybridized carbons (Fsp3) is 0.0968. The molecular weight excluding hydrogens is 562 g/mol. The molecule has 7 rings (SSSR count). The number of Topliss-reactive ketones (excluding diaryl/α,β-unsaturated/α-hetero) is 2. The number of ketones is 2. The Morgan fingerprint density at radius 3 is 2.36 bits per heavy atom. The maximum absolute atomic E-state index is 13.3. The molecule has 0 fully saturated rings. The first-order chi connectivity index (χ1) is 17.4. The van der Waals surface area contributed by atoms with Crippen LogP contribution in [0, 0.1) is 0 Å². The molecule has 36 heavy (non-hydrogen) atoms. The number of hydrogen-bond donors (Lipinski definition) is 0. The van der Waals surface area contributed by atoms with Crippen LogP contribution in [-0.4, -0.2) is 32.0 Å². The number of rotatable bonds is 2. The van der Waals surface area contributed by atoms with Crippen LogP contribution in [0.15, 0.2) is 95.1 Å². The van der Waals surface area contributed by atoms with Crippen molar-refractivity contribution in [3.05, 3.63) is 117 Å². The van der Waals surface area contributed by atoms with Gasteiger partial charge < -0.3 is 0 Å². The van der Waals surface area contributed by atoms with Crippen molar-refractivity contribution in [3.8, 4) is 0 Å². The SMILES string of the molecule is CC1(C)c2ccccc2N(c2ccccc2)c2[te]c(/C=C3/C(=O)c4cc5ccoc5cc4C3=O)cc21. The summed E-state index contributed by atoms with van der Waals surface area (Å²) in [5, 5.41) is 0.833. The molecule has 1 aliphatic carbocycles. The molecule has 0 saturated carbocycles. The van der Waals surface area contributed by atoms with Crippen molar-refractivity contribution in [1.82, 2.24) is 0 Å². The second kappa shape index (κ2) is 7.67. The number of anilines is 3. The molecule has 2 aromatic heterocycles. The molecule has 0 spiro atoms. The van der Waals surface area contributed by atoms with E-state index in [1.807, 2.05) is 18.2 Å². The van der Waals surface area contributed by atoms with E-state index < -0.39 is 20.4 Å². The number of hydrogen-bond acceptors (Lipinski definition) is 4. The fourth-order valence-electron chi connectivity index (χ4n) is 5.42. The van der Waals surface area contributed by atoms with Gasteiger partial charge in [0.15, 0.2) is 0 Å². The second-order valence-corrected chi connectivity index (χ2v) is 12.8. The number of carbonyl (C=O) groups excluding carboxylic acids is 2. The van der Waals surface area contributed by atoms with Gasteiger partial charge in [0.2, 0.25) is 0 Å². The van der Waals surface area contributed by atoms with Crippen molar-refractivity contribution in [1.29, 1.82) is 0 Å². The predicted molar refractivity (Wildman–Crippen MR) is 143 cm³/mol. The van der Waals surface area contributed by atoms with Crippen molar-refractivity contribution >= 4 is 64.1 Å². The number of carbonyl (C=O) groups is 2. The molecule has 0 atom stereocenters. The van der Waals surface area contributed by atoms with Crippen LogP contribution >= 0.6 is 0 Å². The van der Waals surface area contributed by atoms with Crippen LogP contribution in [0.4, 0.5) is 15.1 Å². The van der Waals surface area contributed by atoms with E-state index in [0.29, 0.717) is 16.7 Å². The van der Waals surface area contributed by atoms with Gasteiger partial charge in [-0.15, -0.1) is 0 Å². The summed E-state index contributed by atoms with van der Waals surface area (Å²) in [5.41, 5.74) is 6.47. The first-order valence-corrected chi connectivity index (χ1v) is 14.2. The number of benzene rings is 3. The molecule has 1 aliphatic heterocycles. The van der Waals surface area contributed by atoms with Crippen molar-refractivity contribution in [2.75, 3.05) is 4.90 Å². The Balaban J connectivity index is 1.39. The normalized spacial score (nSPS) is 16.9. The van der Waals surface area contributed by atoms with Crippen molar-refractivity contribution < 1.29 is 14.0 Å². The molecule has 0 bridgehead atoms. The molecule has 5 aromatic rings. The molecule has 5 heteroatoms. The van der Waals surface area contributed by atoms with Crippen LogP contribution in [0.3, 0.4) is 0 Å². The summed E-state index contributed by atoms with van der Waals surface area (Å²) in [6.07, 6.45) is 3.44. The third-order valence-corrected chi connectivity index (χ3v) is 10.3. The number of fused-ring (bicyclic) bond motifs is 4. The number of para-hydroxylation sites is 2. The average molecular weight is 583 g/mol. The van der Waals surface area contributed by atoms with Crippen LogP contribution < -0.4 is 4.90 Å². The van der Waals surface area contributed by atoms with E-state index in [-0.39, 0.29) is 22.6 Å². The summed E-state index contributed by atoms with van der Waals surface area (Å²) in [6.45, 7) is 4.53. The summed E-state index contributed by atoms with van der Waals surface area (Å²) in [4.78, 5) is 29.0. The summed E-state index contributed by atoms with van der Waals surface area (Å²) in [6, 6.07) is 26.5. The molecule has 0 radical (unpaired) electrons. The van der Waals surface area contributed by atoms with Gasteiger partial charge in [0.1, 0.15) is 0 Å². The van der Waals surface area contributed by atoms with Crippen molar-refractivity contribution in [2.45, 2.75) is 19.3 Å². The van der Waals surface area contributed by atoms with E-state index in [4.69, 9.17) is 4.42 Å². The molecule has 0 N–H and O–H groups in total. The number of nitrogens with zero attached hydrogens (tertiary/aromatic N) is 1. The first kappa shape index (κ1) is 21.6. The Labute approximate surface area is 218 Å². The Hall–Kier alpha value is -3.65. The van der Waals surface area contributed by atoms with Gasteiger partial charge in [0.05, 0.1) is 0 Å². The Morgan fingerprint density at radius 1 is 0.833 bits per heavy atom. The Morgan fingerprint density at radius 2 is 1.56 bits per heavy atom. The molecule has 0 saturated heterocycles. The van der Waals surface area contributed by atoms with E-state index in [0.717, 1.165) is 14.7 Å². The Kier molecular flexibility index (Phi) is 4.61. The van der Waals surface area contributed by atoms with E-state index in [9.17, 15) is 9.59 Å². The zero-order valence-corrected chi connectivity index (χ0v) is 22.1. The number of allylic oxidation sites excluding steroid dienone is 1. The molecule has 3 aromatic carbocycles. The molecule has 0 unspecified atom stereocenters. The summed E-state index contributed by atoms with van der Waals surface area (Å²) in [5.74, 6) is -0.409. The predicted octanol–water partition coefficient (Wildman–Crippen LogP) is 7.06. The van der Waals surface area contributed by atoms with Gasteiger partial charge >= 0.3 is 219 Å². The van der Waals surface area contributed by atoms with Crippen LogP contribution in [0.25, 0.3) is 17.0 Å². The van der Waals surface area contributed by atoms with Crippen molar-refractivity contribution in [3.63, 3.8) is 0 Å². The van der Waals surface area contributed by atoms with Crippen LogP contribution in [0.1, 0.15) is 49.3 Å². The van der Waals surface area contributed by atoms with Crippen LogP contribution in [0.5, 0.6) is 0 Å². The first-order valence-electron chi connectivity index (χ1n) is 11.8. The number of furan rings is 1. The molecule has 174 valence electrons. The van der Waals surface area contributed by atoms with E-state index in [1.54, 1.807) is 18.4 Å². The average Bonchev–Trinajstić information content (AvgIpc) is 3.58. The zero-order chi connectivity index (χ0) is 24.6. The fourth-order valence-corrected chi connectivity index (χ4v) is 9.12. The zero-order valence-electron chi connectivity index (χ0n) is 19.7. The van der Waals surface area contributed by atoms with Gasteiger partial charge in [-0.1, -0.05) is 0 Å². The summed E-state index contributed by atoms with van der Waals surface area (Å²) in [7, 11) is 0. The minimum absolute atomic E-state index is 0.181. The molecule has 2 aliphatic rings. The van der Waals surface area contributed by atoms with Gasteiger partial charge in [-0.05, 0) is 0 Å². The molecular formula is C31H21NO3Te. The molecule has 4 nitrogen and oxygen atoms in total. The topological polar surface area (TPSA) is 50.5 Å². The van der Waals surface area contributed by atoms with Gasteiger partial charge in [-0.2, -0.15) is 0 Å². The van der Waals surface area contributed by atoms with E-state index >= 15 is 0 Å².